The number of ether oxygens (including phenoxy) is 1. The van der Waals surface area contributed by atoms with Crippen LogP contribution in [0.2, 0.25) is 0 Å². The van der Waals surface area contributed by atoms with Crippen LogP contribution >= 0.6 is 0 Å². The van der Waals surface area contributed by atoms with E-state index in [1.807, 2.05) is 0 Å². The van der Waals surface area contributed by atoms with Crippen molar-refractivity contribution in [3.63, 3.8) is 0 Å². The largest absolute Gasteiger partial charge is 0.381 e. The Kier molecular flexibility index (Phi) is 4.68. The molecule has 1 aliphatic carbocycles. The molecule has 2 unspecified atom stereocenters. The maximum atomic E-state index is 5.54. The van der Waals surface area contributed by atoms with Gasteiger partial charge in [0.2, 0.25) is 0 Å². The average Bonchev–Trinajstić information content (AvgIpc) is 2.51. The van der Waals surface area contributed by atoms with Crippen LogP contribution in [0.3, 0.4) is 0 Å². The normalized spacial score (nSPS) is 34.2. The van der Waals surface area contributed by atoms with Crippen molar-refractivity contribution in [2.24, 2.45) is 5.92 Å². The van der Waals surface area contributed by atoms with Crippen LogP contribution in [0.15, 0.2) is 0 Å². The van der Waals surface area contributed by atoms with E-state index in [0.717, 1.165) is 25.2 Å². The molecule has 0 bridgehead atoms. The van der Waals surface area contributed by atoms with Gasteiger partial charge in [-0.3, -0.25) is 4.90 Å². The summed E-state index contributed by atoms with van der Waals surface area (Å²) in [7, 11) is 0. The van der Waals surface area contributed by atoms with Gasteiger partial charge in [-0.2, -0.15) is 0 Å². The minimum absolute atomic E-state index is 0.435. The quantitative estimate of drug-likeness (QED) is 0.842. The monoisotopic (exact) mass is 280 g/mol. The molecule has 1 spiro atoms. The zero-order chi connectivity index (χ0) is 14.0. The van der Waals surface area contributed by atoms with Gasteiger partial charge in [-0.05, 0) is 45.4 Å². The zero-order valence-corrected chi connectivity index (χ0v) is 13.4. The lowest BCUT2D eigenvalue weighted by Crippen LogP contribution is -2.66. The highest BCUT2D eigenvalue weighted by Crippen LogP contribution is 2.34. The first kappa shape index (κ1) is 14.8. The van der Waals surface area contributed by atoms with E-state index in [4.69, 9.17) is 4.74 Å². The van der Waals surface area contributed by atoms with E-state index < -0.39 is 0 Å². The van der Waals surface area contributed by atoms with Gasteiger partial charge in [0.15, 0.2) is 0 Å². The van der Waals surface area contributed by atoms with E-state index in [1.54, 1.807) is 0 Å². The second-order valence-corrected chi connectivity index (χ2v) is 7.43. The summed E-state index contributed by atoms with van der Waals surface area (Å²) in [5, 5.41) is 3.91. The summed E-state index contributed by atoms with van der Waals surface area (Å²) in [6.07, 6.45) is 9.55. The van der Waals surface area contributed by atoms with Crippen LogP contribution in [0.1, 0.15) is 58.8 Å². The first-order chi connectivity index (χ1) is 9.70. The molecule has 2 saturated heterocycles. The Bertz CT molecular complexity index is 308. The highest BCUT2D eigenvalue weighted by molar-refractivity contribution is 5.00. The molecular weight excluding hydrogens is 248 g/mol. The van der Waals surface area contributed by atoms with Gasteiger partial charge in [0, 0.05) is 43.9 Å². The lowest BCUT2D eigenvalue weighted by Gasteiger charge is -2.52. The molecule has 0 aromatic heterocycles. The molecule has 1 N–H and O–H groups in total. The summed E-state index contributed by atoms with van der Waals surface area (Å²) in [6, 6.07) is 1.40. The third kappa shape index (κ3) is 3.05. The lowest BCUT2D eigenvalue weighted by atomic mass is 9.78. The minimum Gasteiger partial charge on any atom is -0.381 e. The molecule has 0 radical (unpaired) electrons. The molecule has 3 nitrogen and oxygen atoms in total. The van der Waals surface area contributed by atoms with Gasteiger partial charge in [0.05, 0.1) is 0 Å². The van der Waals surface area contributed by atoms with E-state index in [9.17, 15) is 0 Å². The van der Waals surface area contributed by atoms with Crippen LogP contribution in [0.4, 0.5) is 0 Å². The van der Waals surface area contributed by atoms with Crippen LogP contribution in [-0.2, 0) is 4.74 Å². The Labute approximate surface area is 124 Å². The number of nitrogens with one attached hydrogen (secondary N) is 1. The Balaban J connectivity index is 1.66. The lowest BCUT2D eigenvalue weighted by molar-refractivity contribution is -0.0148. The molecule has 1 saturated carbocycles. The van der Waals surface area contributed by atoms with E-state index in [-0.39, 0.29) is 0 Å². The summed E-state index contributed by atoms with van der Waals surface area (Å²) in [6.45, 7) is 9.26. The maximum Gasteiger partial charge on any atom is 0.0469 e. The van der Waals surface area contributed by atoms with Crippen molar-refractivity contribution in [2.75, 3.05) is 26.3 Å². The van der Waals surface area contributed by atoms with Crippen molar-refractivity contribution in [3.05, 3.63) is 0 Å². The number of nitrogens with zero attached hydrogens (tertiary/aromatic N) is 1. The summed E-state index contributed by atoms with van der Waals surface area (Å²) < 4.78 is 5.54. The summed E-state index contributed by atoms with van der Waals surface area (Å²) in [4.78, 5) is 2.82. The van der Waals surface area contributed by atoms with Gasteiger partial charge in [-0.25, -0.2) is 0 Å². The molecular formula is C17H32N2O. The fourth-order valence-electron chi connectivity index (χ4n) is 4.62. The van der Waals surface area contributed by atoms with E-state index in [1.165, 1.54) is 58.0 Å². The average molecular weight is 280 g/mol. The predicted octanol–water partition coefficient (Wildman–Crippen LogP) is 2.80. The van der Waals surface area contributed by atoms with Gasteiger partial charge in [-0.1, -0.05) is 19.3 Å². The number of rotatable bonds is 2. The van der Waals surface area contributed by atoms with Gasteiger partial charge in [-0.15, -0.1) is 0 Å². The van der Waals surface area contributed by atoms with Crippen molar-refractivity contribution in [1.82, 2.24) is 10.2 Å². The maximum absolute atomic E-state index is 5.54. The second kappa shape index (κ2) is 6.33. The summed E-state index contributed by atoms with van der Waals surface area (Å²) in [5.41, 5.74) is 0.435. The molecule has 3 rings (SSSR count). The first-order valence-electron chi connectivity index (χ1n) is 8.79. The molecule has 3 fully saturated rings. The van der Waals surface area contributed by atoms with Crippen molar-refractivity contribution in [2.45, 2.75) is 76.4 Å². The third-order valence-corrected chi connectivity index (χ3v) is 6.11. The topological polar surface area (TPSA) is 24.5 Å². The Morgan fingerprint density at radius 1 is 1.15 bits per heavy atom. The molecule has 0 aromatic carbocycles. The SMILES string of the molecule is CC1CNC2(CCCCC2)CN1C(C)C1CCOCC1. The minimum atomic E-state index is 0.435. The predicted molar refractivity (Wildman–Crippen MR) is 83.0 cm³/mol. The smallest absolute Gasteiger partial charge is 0.0469 e. The Morgan fingerprint density at radius 3 is 2.55 bits per heavy atom. The van der Waals surface area contributed by atoms with Gasteiger partial charge in [0.25, 0.3) is 0 Å². The molecule has 3 heteroatoms. The van der Waals surface area contributed by atoms with Gasteiger partial charge < -0.3 is 10.1 Å². The number of hydrogen-bond acceptors (Lipinski definition) is 3. The fraction of sp³-hybridized carbons (Fsp3) is 1.00. The summed E-state index contributed by atoms with van der Waals surface area (Å²) >= 11 is 0. The molecule has 2 aliphatic heterocycles. The highest BCUT2D eigenvalue weighted by atomic mass is 16.5. The number of hydrogen-bond donors (Lipinski definition) is 1. The molecule has 0 aromatic rings. The molecule has 2 heterocycles. The molecule has 2 atom stereocenters. The fourth-order valence-corrected chi connectivity index (χ4v) is 4.62. The van der Waals surface area contributed by atoms with Gasteiger partial charge >= 0.3 is 0 Å². The molecule has 3 aliphatic rings. The second-order valence-electron chi connectivity index (χ2n) is 7.43. The van der Waals surface area contributed by atoms with E-state index in [2.05, 4.69) is 24.1 Å². The van der Waals surface area contributed by atoms with Gasteiger partial charge in [0.1, 0.15) is 0 Å². The van der Waals surface area contributed by atoms with E-state index in [0.29, 0.717) is 11.6 Å². The van der Waals surface area contributed by atoms with Crippen molar-refractivity contribution >= 4 is 0 Å². The van der Waals surface area contributed by atoms with Crippen LogP contribution in [-0.4, -0.2) is 48.8 Å². The molecule has 116 valence electrons. The number of piperazine rings is 1. The Hall–Kier alpha value is -0.120. The standard InChI is InChI=1S/C17H32N2O/c1-14-12-18-17(8-4-3-5-9-17)13-19(14)15(2)16-6-10-20-11-7-16/h14-16,18H,3-13H2,1-2H3. The van der Waals surface area contributed by atoms with E-state index >= 15 is 0 Å². The Morgan fingerprint density at radius 2 is 1.85 bits per heavy atom. The van der Waals surface area contributed by atoms with Crippen LogP contribution in [0.5, 0.6) is 0 Å². The summed E-state index contributed by atoms with van der Waals surface area (Å²) in [5.74, 6) is 0.838. The molecule has 20 heavy (non-hydrogen) atoms. The van der Waals surface area contributed by atoms with Crippen molar-refractivity contribution in [3.8, 4) is 0 Å². The van der Waals surface area contributed by atoms with Crippen LogP contribution < -0.4 is 5.32 Å². The highest BCUT2D eigenvalue weighted by Gasteiger charge is 2.41. The third-order valence-electron chi connectivity index (χ3n) is 6.11. The zero-order valence-electron chi connectivity index (χ0n) is 13.4. The van der Waals surface area contributed by atoms with Crippen LogP contribution in [0, 0.1) is 5.92 Å². The first-order valence-corrected chi connectivity index (χ1v) is 8.79. The van der Waals surface area contributed by atoms with Crippen LogP contribution in [0.25, 0.3) is 0 Å². The molecule has 0 amide bonds. The van der Waals surface area contributed by atoms with Crippen molar-refractivity contribution < 1.29 is 4.74 Å². The van der Waals surface area contributed by atoms with Crippen molar-refractivity contribution in [1.29, 1.82) is 0 Å².